The van der Waals surface area contributed by atoms with Crippen molar-refractivity contribution >= 4 is 12.1 Å². The quantitative estimate of drug-likeness (QED) is 0.590. The van der Waals surface area contributed by atoms with E-state index in [0.29, 0.717) is 30.3 Å². The van der Waals surface area contributed by atoms with Crippen molar-refractivity contribution in [1.29, 1.82) is 0 Å². The number of carbonyl (C=O) groups excluding carboxylic acids is 1. The first-order valence-electron chi connectivity index (χ1n) is 8.05. The maximum Gasteiger partial charge on any atom is 0.271 e. The first kappa shape index (κ1) is 18.3. The summed E-state index contributed by atoms with van der Waals surface area (Å²) < 4.78 is 16.1. The second kappa shape index (κ2) is 9.32. The van der Waals surface area contributed by atoms with Gasteiger partial charge in [0.15, 0.2) is 0 Å². The van der Waals surface area contributed by atoms with Crippen molar-refractivity contribution in [3.05, 3.63) is 53.6 Å². The predicted octanol–water partition coefficient (Wildman–Crippen LogP) is 3.26. The fourth-order valence-corrected chi connectivity index (χ4v) is 2.13. The zero-order chi connectivity index (χ0) is 18.1. The van der Waals surface area contributed by atoms with Gasteiger partial charge in [-0.2, -0.15) is 5.10 Å². The van der Waals surface area contributed by atoms with E-state index in [9.17, 15) is 4.79 Å². The van der Waals surface area contributed by atoms with E-state index in [-0.39, 0.29) is 5.91 Å². The Bertz CT molecular complexity index is 727. The number of benzene rings is 2. The lowest BCUT2D eigenvalue weighted by Gasteiger charge is -2.10. The molecule has 0 saturated heterocycles. The number of nitrogens with zero attached hydrogens (tertiary/aromatic N) is 1. The predicted molar refractivity (Wildman–Crippen MR) is 96.8 cm³/mol. The molecule has 1 amide bonds. The van der Waals surface area contributed by atoms with Gasteiger partial charge in [-0.1, -0.05) is 0 Å². The van der Waals surface area contributed by atoms with E-state index in [2.05, 4.69) is 10.5 Å². The molecule has 132 valence electrons. The van der Waals surface area contributed by atoms with Crippen LogP contribution in [0.1, 0.15) is 29.8 Å². The molecule has 0 aliphatic carbocycles. The normalized spacial score (nSPS) is 10.5. The topological polar surface area (TPSA) is 69.2 Å². The molecular weight excluding hydrogens is 320 g/mol. The van der Waals surface area contributed by atoms with Gasteiger partial charge in [-0.15, -0.1) is 0 Å². The lowest BCUT2D eigenvalue weighted by molar-refractivity contribution is 0.0955. The third kappa shape index (κ3) is 5.24. The maximum absolute atomic E-state index is 12.1. The molecule has 1 N–H and O–H groups in total. The van der Waals surface area contributed by atoms with Crippen molar-refractivity contribution in [2.75, 3.05) is 20.3 Å². The molecule has 0 bridgehead atoms. The fraction of sp³-hybridized carbons (Fsp3) is 0.263. The van der Waals surface area contributed by atoms with Crippen LogP contribution < -0.4 is 19.6 Å². The van der Waals surface area contributed by atoms with E-state index < -0.39 is 0 Å². The van der Waals surface area contributed by atoms with Crippen LogP contribution in [0.2, 0.25) is 0 Å². The van der Waals surface area contributed by atoms with Crippen LogP contribution in [0.15, 0.2) is 47.6 Å². The highest BCUT2D eigenvalue weighted by molar-refractivity contribution is 5.95. The van der Waals surface area contributed by atoms with Crippen LogP contribution in [0.3, 0.4) is 0 Å². The van der Waals surface area contributed by atoms with Gasteiger partial charge in [0, 0.05) is 17.2 Å². The molecule has 6 nitrogen and oxygen atoms in total. The van der Waals surface area contributed by atoms with Crippen molar-refractivity contribution in [3.8, 4) is 17.2 Å². The molecule has 0 heterocycles. The number of hydrogen-bond donors (Lipinski definition) is 1. The zero-order valence-electron chi connectivity index (χ0n) is 14.6. The molecular formula is C19H22N2O4. The minimum Gasteiger partial charge on any atom is -0.497 e. The van der Waals surface area contributed by atoms with Gasteiger partial charge in [0.05, 0.1) is 26.5 Å². The summed E-state index contributed by atoms with van der Waals surface area (Å²) >= 11 is 0. The smallest absolute Gasteiger partial charge is 0.271 e. The summed E-state index contributed by atoms with van der Waals surface area (Å²) in [4.78, 5) is 12.1. The Morgan fingerprint density at radius 2 is 1.72 bits per heavy atom. The first-order valence-corrected chi connectivity index (χ1v) is 8.05. The summed E-state index contributed by atoms with van der Waals surface area (Å²) in [5.41, 5.74) is 3.74. The average molecular weight is 342 g/mol. The highest BCUT2D eigenvalue weighted by Crippen LogP contribution is 2.24. The number of hydrazone groups is 1. The first-order chi connectivity index (χ1) is 12.2. The van der Waals surface area contributed by atoms with E-state index in [1.54, 1.807) is 43.7 Å². The average Bonchev–Trinajstić information content (AvgIpc) is 2.64. The Hall–Kier alpha value is -3.02. The second-order valence-corrected chi connectivity index (χ2v) is 4.99. The van der Waals surface area contributed by atoms with Gasteiger partial charge in [-0.3, -0.25) is 4.79 Å². The zero-order valence-corrected chi connectivity index (χ0v) is 14.6. The van der Waals surface area contributed by atoms with Gasteiger partial charge >= 0.3 is 0 Å². The van der Waals surface area contributed by atoms with Crippen LogP contribution >= 0.6 is 0 Å². The molecule has 2 aromatic carbocycles. The number of hydrogen-bond acceptors (Lipinski definition) is 5. The van der Waals surface area contributed by atoms with Gasteiger partial charge in [-0.25, -0.2) is 5.43 Å². The molecule has 0 saturated carbocycles. The molecule has 6 heteroatoms. The lowest BCUT2D eigenvalue weighted by Crippen LogP contribution is -2.17. The molecule has 2 rings (SSSR count). The lowest BCUT2D eigenvalue weighted by atomic mass is 10.2. The Morgan fingerprint density at radius 3 is 2.36 bits per heavy atom. The third-order valence-electron chi connectivity index (χ3n) is 3.32. The monoisotopic (exact) mass is 342 g/mol. The molecule has 0 aliphatic heterocycles. The Labute approximate surface area is 147 Å². The van der Waals surface area contributed by atoms with Gasteiger partial charge in [0.2, 0.25) is 0 Å². The van der Waals surface area contributed by atoms with Gasteiger partial charge in [0.1, 0.15) is 17.2 Å². The number of carbonyl (C=O) groups is 1. The van der Waals surface area contributed by atoms with Crippen molar-refractivity contribution in [3.63, 3.8) is 0 Å². The Morgan fingerprint density at radius 1 is 1.04 bits per heavy atom. The summed E-state index contributed by atoms with van der Waals surface area (Å²) in [5.74, 6) is 1.76. The van der Waals surface area contributed by atoms with E-state index >= 15 is 0 Å². The highest BCUT2D eigenvalue weighted by Gasteiger charge is 2.06. The third-order valence-corrected chi connectivity index (χ3v) is 3.32. The van der Waals surface area contributed by atoms with Gasteiger partial charge < -0.3 is 14.2 Å². The van der Waals surface area contributed by atoms with Crippen LogP contribution in [0, 0.1) is 0 Å². The fourth-order valence-electron chi connectivity index (χ4n) is 2.13. The highest BCUT2D eigenvalue weighted by atomic mass is 16.5. The van der Waals surface area contributed by atoms with Crippen molar-refractivity contribution < 1.29 is 19.0 Å². The molecule has 0 spiro atoms. The molecule has 0 aromatic heterocycles. The van der Waals surface area contributed by atoms with E-state index in [1.807, 2.05) is 26.0 Å². The van der Waals surface area contributed by atoms with Crippen LogP contribution in [-0.4, -0.2) is 32.4 Å². The SMILES string of the molecule is CCOc1ccc(/C=N\NC(=O)c2ccc(OC)cc2)c(OCC)c1. The summed E-state index contributed by atoms with van der Waals surface area (Å²) in [6, 6.07) is 12.3. The summed E-state index contributed by atoms with van der Waals surface area (Å²) in [7, 11) is 1.58. The van der Waals surface area contributed by atoms with Crippen molar-refractivity contribution in [2.24, 2.45) is 5.10 Å². The molecule has 0 atom stereocenters. The molecule has 0 fully saturated rings. The van der Waals surface area contributed by atoms with Gasteiger partial charge in [-0.05, 0) is 50.2 Å². The molecule has 0 radical (unpaired) electrons. The largest absolute Gasteiger partial charge is 0.497 e. The minimum absolute atomic E-state index is 0.303. The standard InChI is InChI=1S/C19H22N2O4/c1-4-24-17-11-8-15(18(12-17)25-5-2)13-20-21-19(22)14-6-9-16(23-3)10-7-14/h6-13H,4-5H2,1-3H3,(H,21,22)/b20-13-. The van der Waals surface area contributed by atoms with E-state index in [4.69, 9.17) is 14.2 Å². The van der Waals surface area contributed by atoms with Crippen LogP contribution in [0.4, 0.5) is 0 Å². The number of ether oxygens (including phenoxy) is 3. The number of nitrogens with one attached hydrogen (secondary N) is 1. The second-order valence-electron chi connectivity index (χ2n) is 4.99. The van der Waals surface area contributed by atoms with Crippen LogP contribution in [0.25, 0.3) is 0 Å². The minimum atomic E-state index is -0.303. The summed E-state index contributed by atoms with van der Waals surface area (Å²) in [6.45, 7) is 4.93. The number of amides is 1. The summed E-state index contributed by atoms with van der Waals surface area (Å²) in [6.07, 6.45) is 1.54. The Balaban J connectivity index is 2.05. The van der Waals surface area contributed by atoms with Crippen LogP contribution in [-0.2, 0) is 0 Å². The molecule has 0 aliphatic rings. The Kier molecular flexibility index (Phi) is 6.83. The van der Waals surface area contributed by atoms with Crippen molar-refractivity contribution in [1.82, 2.24) is 5.43 Å². The molecule has 25 heavy (non-hydrogen) atoms. The maximum atomic E-state index is 12.1. The van der Waals surface area contributed by atoms with Crippen molar-refractivity contribution in [2.45, 2.75) is 13.8 Å². The molecule has 2 aromatic rings. The van der Waals surface area contributed by atoms with E-state index in [0.717, 1.165) is 11.3 Å². The van der Waals surface area contributed by atoms with E-state index in [1.165, 1.54) is 0 Å². The number of methoxy groups -OCH3 is 1. The number of rotatable bonds is 8. The van der Waals surface area contributed by atoms with Gasteiger partial charge in [0.25, 0.3) is 5.91 Å². The molecule has 0 unspecified atom stereocenters. The summed E-state index contributed by atoms with van der Waals surface area (Å²) in [5, 5.41) is 4.00. The van der Waals surface area contributed by atoms with Crippen LogP contribution in [0.5, 0.6) is 17.2 Å².